The molecule has 0 bridgehead atoms. The Morgan fingerprint density at radius 2 is 1.83 bits per heavy atom. The van der Waals surface area contributed by atoms with Crippen LogP contribution in [0.5, 0.6) is 17.2 Å². The summed E-state index contributed by atoms with van der Waals surface area (Å²) in [5.41, 5.74) is -0.272. The van der Waals surface area contributed by atoms with Crippen molar-refractivity contribution >= 4 is 22.6 Å². The van der Waals surface area contributed by atoms with E-state index in [4.69, 9.17) is 9.84 Å². The number of nitrogens with zero attached hydrogens (tertiary/aromatic N) is 2. The second kappa shape index (κ2) is 9.39. The number of aromatic nitrogens is 1. The molecule has 3 N–H and O–H groups in total. The third-order valence-electron chi connectivity index (χ3n) is 4.35. The van der Waals surface area contributed by atoms with E-state index >= 15 is 0 Å². The fourth-order valence-corrected chi connectivity index (χ4v) is 2.90. The van der Waals surface area contributed by atoms with E-state index in [-0.39, 0.29) is 30.1 Å². The number of carboxylic acid groups (broad SMARTS) is 1. The highest BCUT2D eigenvalue weighted by Crippen LogP contribution is 2.33. The van der Waals surface area contributed by atoms with Gasteiger partial charge in [0.2, 0.25) is 0 Å². The van der Waals surface area contributed by atoms with E-state index in [9.17, 15) is 20.0 Å². The number of para-hydroxylation sites is 1. The van der Waals surface area contributed by atoms with E-state index in [0.717, 1.165) is 0 Å². The Morgan fingerprint density at radius 1 is 1.07 bits per heavy atom. The number of nitrogens with one attached hydrogen (secondary N) is 1. The predicted molar refractivity (Wildman–Crippen MR) is 108 cm³/mol. The number of aliphatic carboxylic acids is 1. The van der Waals surface area contributed by atoms with Gasteiger partial charge in [-0.25, -0.2) is 4.98 Å². The molecule has 0 saturated carbocycles. The number of amides is 1. The van der Waals surface area contributed by atoms with E-state index in [1.807, 2.05) is 24.3 Å². The molecule has 2 aromatic carbocycles. The van der Waals surface area contributed by atoms with Crippen molar-refractivity contribution in [2.75, 3.05) is 6.54 Å². The number of hydrogen-bond donors (Lipinski definition) is 3. The minimum absolute atomic E-state index is 0.0152. The Hall–Kier alpha value is -4.12. The van der Waals surface area contributed by atoms with Gasteiger partial charge in [-0.1, -0.05) is 18.2 Å². The van der Waals surface area contributed by atoms with Gasteiger partial charge in [0.1, 0.15) is 23.3 Å². The molecule has 0 radical (unpaired) electrons. The standard InChI is InChI=1S/C22H19N3O5/c23-13-18-17-12-15(30-14-6-2-1-3-7-14)9-10-16(17)21(28)20(25-18)22(29)24-11-5-4-8-19(26)27/h1-3,6-7,9-10,12,28H,4-5,8,11H2,(H,24,29)(H,26,27). The maximum absolute atomic E-state index is 12.4. The monoisotopic (exact) mass is 405 g/mol. The zero-order valence-electron chi connectivity index (χ0n) is 16.0. The molecule has 8 nitrogen and oxygen atoms in total. The van der Waals surface area contributed by atoms with Crippen molar-refractivity contribution in [2.24, 2.45) is 0 Å². The van der Waals surface area contributed by atoms with Crippen molar-refractivity contribution in [3.8, 4) is 23.3 Å². The van der Waals surface area contributed by atoms with Crippen LogP contribution in [-0.2, 0) is 4.79 Å². The predicted octanol–water partition coefficient (Wildman–Crippen LogP) is 3.59. The number of benzene rings is 2. The van der Waals surface area contributed by atoms with Crippen LogP contribution < -0.4 is 10.1 Å². The zero-order valence-corrected chi connectivity index (χ0v) is 16.0. The molecule has 0 aliphatic carbocycles. The maximum Gasteiger partial charge on any atom is 0.303 e. The second-order valence-electron chi connectivity index (χ2n) is 6.50. The normalized spacial score (nSPS) is 10.4. The molecule has 1 amide bonds. The first kappa shape index (κ1) is 20.6. The lowest BCUT2D eigenvalue weighted by molar-refractivity contribution is -0.137. The highest BCUT2D eigenvalue weighted by atomic mass is 16.5. The minimum atomic E-state index is -0.899. The number of nitriles is 1. The number of fused-ring (bicyclic) bond motifs is 1. The minimum Gasteiger partial charge on any atom is -0.505 e. The number of carboxylic acids is 1. The van der Waals surface area contributed by atoms with Crippen molar-refractivity contribution in [3.63, 3.8) is 0 Å². The van der Waals surface area contributed by atoms with Crippen molar-refractivity contribution in [2.45, 2.75) is 19.3 Å². The lowest BCUT2D eigenvalue weighted by atomic mass is 10.1. The van der Waals surface area contributed by atoms with E-state index < -0.39 is 11.9 Å². The third kappa shape index (κ3) is 4.83. The third-order valence-corrected chi connectivity index (χ3v) is 4.35. The highest BCUT2D eigenvalue weighted by Gasteiger charge is 2.19. The van der Waals surface area contributed by atoms with Gasteiger partial charge in [0.25, 0.3) is 5.91 Å². The summed E-state index contributed by atoms with van der Waals surface area (Å²) in [5, 5.41) is 31.9. The second-order valence-corrected chi connectivity index (χ2v) is 6.50. The number of unbranched alkanes of at least 4 members (excludes halogenated alkanes) is 1. The van der Waals surface area contributed by atoms with Crippen molar-refractivity contribution in [1.82, 2.24) is 10.3 Å². The topological polar surface area (TPSA) is 133 Å². The summed E-state index contributed by atoms with van der Waals surface area (Å²) in [7, 11) is 0. The average Bonchev–Trinajstić information content (AvgIpc) is 2.74. The van der Waals surface area contributed by atoms with Crippen molar-refractivity contribution in [1.29, 1.82) is 5.26 Å². The molecular weight excluding hydrogens is 386 g/mol. The van der Waals surface area contributed by atoms with Crippen LogP contribution >= 0.6 is 0 Å². The molecule has 8 heteroatoms. The Labute approximate surface area is 172 Å². The number of aromatic hydroxyl groups is 1. The molecule has 0 fully saturated rings. The van der Waals surface area contributed by atoms with E-state index in [1.54, 1.807) is 30.3 Å². The molecule has 0 atom stereocenters. The van der Waals surface area contributed by atoms with Crippen LogP contribution in [0.4, 0.5) is 0 Å². The number of rotatable bonds is 8. The summed E-state index contributed by atoms with van der Waals surface area (Å²) in [6, 6.07) is 15.8. The Morgan fingerprint density at radius 3 is 2.53 bits per heavy atom. The van der Waals surface area contributed by atoms with Crippen LogP contribution in [0, 0.1) is 11.3 Å². The van der Waals surface area contributed by atoms with Crippen LogP contribution in [0.25, 0.3) is 10.8 Å². The van der Waals surface area contributed by atoms with Gasteiger partial charge in [0.15, 0.2) is 11.4 Å². The highest BCUT2D eigenvalue weighted by molar-refractivity contribution is 6.03. The summed E-state index contributed by atoms with van der Waals surface area (Å²) in [4.78, 5) is 26.9. The molecule has 1 aromatic heterocycles. The first-order valence-electron chi connectivity index (χ1n) is 9.29. The van der Waals surface area contributed by atoms with Crippen molar-refractivity contribution < 1.29 is 24.5 Å². The summed E-state index contributed by atoms with van der Waals surface area (Å²) in [5.74, 6) is -0.790. The fraction of sp³-hybridized carbons (Fsp3) is 0.182. The van der Waals surface area contributed by atoms with Crippen LogP contribution in [0.1, 0.15) is 35.4 Å². The molecular formula is C22H19N3O5. The van der Waals surface area contributed by atoms with Gasteiger partial charge in [-0.2, -0.15) is 5.26 Å². The van der Waals surface area contributed by atoms with E-state index in [2.05, 4.69) is 10.3 Å². The Bertz CT molecular complexity index is 1120. The molecule has 1 heterocycles. The fourth-order valence-electron chi connectivity index (χ4n) is 2.90. The number of ether oxygens (including phenoxy) is 1. The Kier molecular flexibility index (Phi) is 6.45. The lowest BCUT2D eigenvalue weighted by Crippen LogP contribution is -2.26. The van der Waals surface area contributed by atoms with Crippen LogP contribution in [0.3, 0.4) is 0 Å². The van der Waals surface area contributed by atoms with Gasteiger partial charge >= 0.3 is 5.97 Å². The van der Waals surface area contributed by atoms with Gasteiger partial charge in [-0.05, 0) is 43.2 Å². The molecule has 0 aliphatic rings. The number of carbonyl (C=O) groups excluding carboxylic acids is 1. The van der Waals surface area contributed by atoms with Crippen molar-refractivity contribution in [3.05, 3.63) is 59.9 Å². The van der Waals surface area contributed by atoms with Crippen LogP contribution in [0.15, 0.2) is 48.5 Å². The van der Waals surface area contributed by atoms with Crippen LogP contribution in [-0.4, -0.2) is 33.6 Å². The Balaban J connectivity index is 1.83. The molecule has 3 rings (SSSR count). The molecule has 0 saturated heterocycles. The summed E-state index contributed by atoms with van der Waals surface area (Å²) < 4.78 is 5.76. The first-order chi connectivity index (χ1) is 14.5. The maximum atomic E-state index is 12.4. The number of pyridine rings is 1. The summed E-state index contributed by atoms with van der Waals surface area (Å²) >= 11 is 0. The van der Waals surface area contributed by atoms with E-state index in [0.29, 0.717) is 35.1 Å². The zero-order chi connectivity index (χ0) is 21.5. The molecule has 152 valence electrons. The molecule has 0 unspecified atom stereocenters. The van der Waals surface area contributed by atoms with Crippen LogP contribution in [0.2, 0.25) is 0 Å². The first-order valence-corrected chi connectivity index (χ1v) is 9.29. The number of carbonyl (C=O) groups is 2. The summed E-state index contributed by atoms with van der Waals surface area (Å²) in [6.45, 7) is 0.233. The van der Waals surface area contributed by atoms with Gasteiger partial charge in [-0.15, -0.1) is 0 Å². The van der Waals surface area contributed by atoms with Gasteiger partial charge < -0.3 is 20.3 Å². The molecule has 0 aliphatic heterocycles. The van der Waals surface area contributed by atoms with Gasteiger partial charge in [0, 0.05) is 23.7 Å². The quantitative estimate of drug-likeness (QED) is 0.488. The summed E-state index contributed by atoms with van der Waals surface area (Å²) in [6.07, 6.45) is 0.902. The molecule has 3 aromatic rings. The largest absolute Gasteiger partial charge is 0.505 e. The van der Waals surface area contributed by atoms with Gasteiger partial charge in [0.05, 0.1) is 0 Å². The van der Waals surface area contributed by atoms with E-state index in [1.165, 1.54) is 0 Å². The smallest absolute Gasteiger partial charge is 0.303 e. The lowest BCUT2D eigenvalue weighted by Gasteiger charge is -2.11. The van der Waals surface area contributed by atoms with Gasteiger partial charge in [-0.3, -0.25) is 9.59 Å². The average molecular weight is 405 g/mol. The number of hydrogen-bond acceptors (Lipinski definition) is 6. The molecule has 30 heavy (non-hydrogen) atoms. The molecule has 0 spiro atoms. The SMILES string of the molecule is N#Cc1nc(C(=O)NCCCCC(=O)O)c(O)c2ccc(Oc3ccccc3)cc12.